The van der Waals surface area contributed by atoms with E-state index >= 15 is 0 Å². The van der Waals surface area contributed by atoms with Crippen LogP contribution in [-0.2, 0) is 14.2 Å². The van der Waals surface area contributed by atoms with Crippen molar-refractivity contribution >= 4 is 46.9 Å². The molecule has 0 spiro atoms. The predicted octanol–water partition coefficient (Wildman–Crippen LogP) is 5.19. The number of thiophene rings is 1. The van der Waals surface area contributed by atoms with E-state index in [1.165, 1.54) is 11.8 Å². The fourth-order valence-corrected chi connectivity index (χ4v) is 3.86. The van der Waals surface area contributed by atoms with Crippen molar-refractivity contribution in [2.75, 3.05) is 17.8 Å². The number of amides is 2. The summed E-state index contributed by atoms with van der Waals surface area (Å²) in [5.41, 5.74) is -2.04. The van der Waals surface area contributed by atoms with E-state index < -0.39 is 29.4 Å². The molecule has 29 heavy (non-hydrogen) atoms. The van der Waals surface area contributed by atoms with Gasteiger partial charge >= 0.3 is 18.2 Å². The normalized spacial score (nSPS) is 11.4. The molecule has 0 aliphatic heterocycles. The number of carbonyl (C=O) groups excluding carboxylic acids is 3. The fraction of sp³-hybridized carbons (Fsp3) is 0.579. The van der Waals surface area contributed by atoms with Crippen LogP contribution in [0.2, 0.25) is 0 Å². The molecule has 0 saturated heterocycles. The molecule has 0 unspecified atom stereocenters. The van der Waals surface area contributed by atoms with Gasteiger partial charge in [0.1, 0.15) is 33.4 Å². The van der Waals surface area contributed by atoms with Crippen LogP contribution >= 0.6 is 23.1 Å². The summed E-state index contributed by atoms with van der Waals surface area (Å²) in [4.78, 5) is 38.9. The molecule has 0 saturated carbocycles. The first-order chi connectivity index (χ1) is 13.3. The monoisotopic (exact) mass is 442 g/mol. The van der Waals surface area contributed by atoms with Gasteiger partial charge in [-0.05, 0) is 54.7 Å². The van der Waals surface area contributed by atoms with Gasteiger partial charge in [-0.25, -0.2) is 14.4 Å². The summed E-state index contributed by atoms with van der Waals surface area (Å²) in [5, 5.41) is 9.69. The number of hydrogen-bond acceptors (Lipinski definition) is 9. The number of anilines is 1. The van der Waals surface area contributed by atoms with Crippen molar-refractivity contribution in [2.24, 2.45) is 0 Å². The van der Waals surface area contributed by atoms with Crippen molar-refractivity contribution in [3.63, 3.8) is 0 Å². The number of thioether (sulfide) groups is 1. The van der Waals surface area contributed by atoms with Crippen LogP contribution in [0.15, 0.2) is 4.21 Å². The highest BCUT2D eigenvalue weighted by molar-refractivity contribution is 8.00. The van der Waals surface area contributed by atoms with Crippen molar-refractivity contribution in [2.45, 2.75) is 63.9 Å². The van der Waals surface area contributed by atoms with Crippen molar-refractivity contribution in [1.29, 1.82) is 5.26 Å². The number of carbonyl (C=O) groups is 3. The molecular formula is C19H26N2O6S2. The zero-order valence-electron chi connectivity index (χ0n) is 17.9. The maximum absolute atomic E-state index is 12.9. The van der Waals surface area contributed by atoms with Gasteiger partial charge in [-0.15, -0.1) is 23.1 Å². The minimum absolute atomic E-state index is 0.00210. The fourth-order valence-electron chi connectivity index (χ4n) is 2.07. The summed E-state index contributed by atoms with van der Waals surface area (Å²) < 4.78 is 16.2. The molecule has 0 aliphatic rings. The summed E-state index contributed by atoms with van der Waals surface area (Å²) in [6.45, 7) is 11.5. The molecule has 0 aromatic carbocycles. The summed E-state index contributed by atoms with van der Waals surface area (Å²) in [6, 6.07) is 1.97. The Morgan fingerprint density at radius 1 is 1.07 bits per heavy atom. The highest BCUT2D eigenvalue weighted by Gasteiger charge is 2.39. The molecule has 0 fully saturated rings. The summed E-state index contributed by atoms with van der Waals surface area (Å²) in [7, 11) is 0. The first-order valence-corrected chi connectivity index (χ1v) is 10.8. The third kappa shape index (κ3) is 6.65. The van der Waals surface area contributed by atoms with Gasteiger partial charge in [-0.2, -0.15) is 10.2 Å². The van der Waals surface area contributed by atoms with Gasteiger partial charge in [0.05, 0.1) is 10.8 Å². The van der Waals surface area contributed by atoms with Gasteiger partial charge in [0.2, 0.25) is 0 Å². The lowest BCUT2D eigenvalue weighted by Gasteiger charge is -2.28. The van der Waals surface area contributed by atoms with E-state index in [9.17, 15) is 19.6 Å². The Labute approximate surface area is 179 Å². The molecule has 8 nitrogen and oxygen atoms in total. The molecule has 0 N–H and O–H groups in total. The number of hydrogen-bond donors (Lipinski definition) is 0. The molecule has 0 radical (unpaired) electrons. The van der Waals surface area contributed by atoms with Crippen molar-refractivity contribution in [3.8, 4) is 6.07 Å². The standard InChI is InChI=1S/C19H26N2O6S2/c1-9-25-14(22)13-12(11(10-20)15(28-8)29-13)21(16(23)26-18(2,3)4)17(24)27-19(5,6)7/h9H2,1-8H3. The van der Waals surface area contributed by atoms with Crippen LogP contribution < -0.4 is 4.90 Å². The lowest BCUT2D eigenvalue weighted by Crippen LogP contribution is -2.44. The molecule has 1 aromatic rings. The van der Waals surface area contributed by atoms with E-state index in [0.717, 1.165) is 11.3 Å². The Kier molecular flexibility index (Phi) is 8.12. The van der Waals surface area contributed by atoms with Crippen molar-refractivity contribution in [3.05, 3.63) is 10.4 Å². The van der Waals surface area contributed by atoms with Crippen LogP contribution in [0.4, 0.5) is 15.3 Å². The second-order valence-corrected chi connectivity index (χ2v) is 9.87. The molecule has 1 aromatic heterocycles. The zero-order valence-corrected chi connectivity index (χ0v) is 19.5. The van der Waals surface area contributed by atoms with E-state index in [0.29, 0.717) is 9.11 Å². The number of imide groups is 1. The smallest absolute Gasteiger partial charge is 0.424 e. The Morgan fingerprint density at radius 2 is 1.55 bits per heavy atom. The van der Waals surface area contributed by atoms with E-state index in [1.54, 1.807) is 54.7 Å². The molecule has 10 heteroatoms. The lowest BCUT2D eigenvalue weighted by molar-refractivity contribution is 0.0430. The topological polar surface area (TPSA) is 106 Å². The van der Waals surface area contributed by atoms with E-state index in [-0.39, 0.29) is 22.7 Å². The average Bonchev–Trinajstić information content (AvgIpc) is 2.90. The molecule has 0 bridgehead atoms. The number of esters is 1. The second-order valence-electron chi connectivity index (χ2n) is 7.77. The van der Waals surface area contributed by atoms with Crippen molar-refractivity contribution < 1.29 is 28.6 Å². The van der Waals surface area contributed by atoms with Crippen LogP contribution in [-0.4, -0.2) is 42.2 Å². The summed E-state index contributed by atoms with van der Waals surface area (Å²) >= 11 is 2.18. The predicted molar refractivity (Wildman–Crippen MR) is 112 cm³/mol. The molecule has 0 aliphatic carbocycles. The van der Waals surface area contributed by atoms with Crippen LogP contribution in [0.5, 0.6) is 0 Å². The Bertz CT molecular complexity index is 799. The maximum atomic E-state index is 12.9. The molecule has 2 amide bonds. The van der Waals surface area contributed by atoms with Crippen LogP contribution in [0.25, 0.3) is 0 Å². The van der Waals surface area contributed by atoms with Gasteiger partial charge < -0.3 is 14.2 Å². The van der Waals surface area contributed by atoms with Gasteiger partial charge in [-0.3, -0.25) is 0 Å². The van der Waals surface area contributed by atoms with E-state index in [1.807, 2.05) is 6.07 Å². The minimum Gasteiger partial charge on any atom is -0.462 e. The van der Waals surface area contributed by atoms with Gasteiger partial charge in [0.25, 0.3) is 0 Å². The van der Waals surface area contributed by atoms with Crippen LogP contribution in [0, 0.1) is 11.3 Å². The average molecular weight is 443 g/mol. The van der Waals surface area contributed by atoms with E-state index in [4.69, 9.17) is 14.2 Å². The summed E-state index contributed by atoms with van der Waals surface area (Å²) in [6.07, 6.45) is -0.394. The van der Waals surface area contributed by atoms with Gasteiger partial charge in [0.15, 0.2) is 0 Å². The molecule has 0 atom stereocenters. The van der Waals surface area contributed by atoms with Crippen LogP contribution in [0.1, 0.15) is 63.7 Å². The SMILES string of the molecule is CCOC(=O)c1sc(SC)c(C#N)c1N(C(=O)OC(C)(C)C)C(=O)OC(C)(C)C. The summed E-state index contributed by atoms with van der Waals surface area (Å²) in [5.74, 6) is -0.749. The Balaban J connectivity index is 3.72. The maximum Gasteiger partial charge on any atom is 0.424 e. The highest BCUT2D eigenvalue weighted by Crippen LogP contribution is 2.42. The number of nitriles is 1. The van der Waals surface area contributed by atoms with Gasteiger partial charge in [-0.1, -0.05) is 0 Å². The first kappa shape index (κ1) is 24.8. The Hall–Kier alpha value is -2.25. The zero-order chi connectivity index (χ0) is 22.6. The number of ether oxygens (including phenoxy) is 3. The quantitative estimate of drug-likeness (QED) is 0.356. The second kappa shape index (κ2) is 9.50. The molecule has 1 heterocycles. The lowest BCUT2D eigenvalue weighted by atomic mass is 10.2. The van der Waals surface area contributed by atoms with Gasteiger partial charge in [0, 0.05) is 0 Å². The largest absolute Gasteiger partial charge is 0.462 e. The Morgan fingerprint density at radius 3 is 1.90 bits per heavy atom. The van der Waals surface area contributed by atoms with E-state index in [2.05, 4.69) is 0 Å². The third-order valence-corrected chi connectivity index (χ3v) is 5.26. The number of rotatable bonds is 4. The highest BCUT2D eigenvalue weighted by atomic mass is 32.2. The third-order valence-electron chi connectivity index (χ3n) is 2.98. The van der Waals surface area contributed by atoms with Crippen molar-refractivity contribution in [1.82, 2.24) is 0 Å². The first-order valence-electron chi connectivity index (χ1n) is 8.79. The molecular weight excluding hydrogens is 416 g/mol. The van der Waals surface area contributed by atoms with Crippen LogP contribution in [0.3, 0.4) is 0 Å². The number of nitrogens with zero attached hydrogens (tertiary/aromatic N) is 2. The minimum atomic E-state index is -1.06. The molecule has 160 valence electrons. The molecule has 1 rings (SSSR count).